The molecule has 0 amide bonds. The molecular weight excluding hydrogens is 820 g/mol. The summed E-state index contributed by atoms with van der Waals surface area (Å²) < 4.78 is 30.1. The summed E-state index contributed by atoms with van der Waals surface area (Å²) >= 11 is 7.77. The lowest BCUT2D eigenvalue weighted by atomic mass is 9.99. The SMILES string of the molecule is O=[N+]([O-])c1cc(S(=O)(=O)Nc2ncnc3cc(N4CCN(Cc5ccccc5-c5ccc(Cl)cc5)CC4)ccc23)ccc1N[C@H](CCN1CC(O)C1)CSc1ccccc1. The average molecular weight is 865 g/mol. The van der Waals surface area contributed by atoms with Gasteiger partial charge in [-0.15, -0.1) is 11.8 Å². The molecule has 310 valence electrons. The highest BCUT2D eigenvalue weighted by molar-refractivity contribution is 7.99. The summed E-state index contributed by atoms with van der Waals surface area (Å²) in [6, 6.07) is 35.7. The van der Waals surface area contributed by atoms with Crippen molar-refractivity contribution in [2.45, 2.75) is 34.9 Å². The van der Waals surface area contributed by atoms with Crippen LogP contribution in [-0.2, 0) is 16.6 Å². The Kier molecular flexibility index (Phi) is 12.8. The van der Waals surface area contributed by atoms with Gasteiger partial charge in [0.25, 0.3) is 15.7 Å². The lowest BCUT2D eigenvalue weighted by Gasteiger charge is -2.36. The Morgan fingerprint density at radius 2 is 1.63 bits per heavy atom. The number of likely N-dealkylation sites (tertiary alicyclic amines) is 1. The molecule has 16 heteroatoms. The molecule has 0 radical (unpaired) electrons. The molecule has 8 rings (SSSR count). The molecule has 0 bridgehead atoms. The van der Waals surface area contributed by atoms with Gasteiger partial charge in [0.15, 0.2) is 5.82 Å². The van der Waals surface area contributed by atoms with Gasteiger partial charge in [0.1, 0.15) is 12.0 Å². The molecular formula is C44H45ClN8O5S2. The van der Waals surface area contributed by atoms with E-state index in [1.54, 1.807) is 17.8 Å². The van der Waals surface area contributed by atoms with Gasteiger partial charge in [0.05, 0.1) is 21.4 Å². The molecule has 0 unspecified atom stereocenters. The average Bonchev–Trinajstić information content (AvgIpc) is 3.24. The minimum Gasteiger partial charge on any atom is -0.390 e. The zero-order chi connectivity index (χ0) is 41.6. The van der Waals surface area contributed by atoms with Gasteiger partial charge in [-0.3, -0.25) is 24.6 Å². The van der Waals surface area contributed by atoms with E-state index in [0.717, 1.165) is 54.9 Å². The Bertz CT molecular complexity index is 2560. The number of fused-ring (bicyclic) bond motifs is 1. The van der Waals surface area contributed by atoms with Crippen LogP contribution in [0.1, 0.15) is 12.0 Å². The first kappa shape index (κ1) is 41.4. The molecule has 1 aromatic heterocycles. The van der Waals surface area contributed by atoms with Gasteiger partial charge in [0, 0.05) is 91.2 Å². The molecule has 1 atom stereocenters. The van der Waals surface area contributed by atoms with E-state index in [-0.39, 0.29) is 34.2 Å². The second kappa shape index (κ2) is 18.5. The number of halogens is 1. The number of hydrogen-bond acceptors (Lipinski definition) is 12. The molecule has 3 N–H and O–H groups in total. The summed E-state index contributed by atoms with van der Waals surface area (Å²) in [5.74, 6) is 0.702. The van der Waals surface area contributed by atoms with Crippen LogP contribution in [0.3, 0.4) is 0 Å². The van der Waals surface area contributed by atoms with Crippen molar-refractivity contribution < 1.29 is 18.4 Å². The van der Waals surface area contributed by atoms with Crippen LogP contribution in [0, 0.1) is 10.1 Å². The van der Waals surface area contributed by atoms with Gasteiger partial charge in [0.2, 0.25) is 0 Å². The second-order valence-corrected chi connectivity index (χ2v) is 18.3. The normalized spacial score (nSPS) is 15.7. The number of nitrogens with zero attached hydrogens (tertiary/aromatic N) is 6. The van der Waals surface area contributed by atoms with Crippen LogP contribution in [0.4, 0.5) is 22.9 Å². The standard InChI is InChI=1S/C44H45ClN8O5S2/c45-33-12-10-31(11-13-33)39-9-5-4-6-32(39)26-50-20-22-52(23-21-50)35-14-16-40-42(24-35)46-30-47-44(40)49-60(57,58)38-15-17-41(43(25-38)53(55)56)48-34(18-19-51-27-36(54)28-51)29-59-37-7-2-1-3-8-37/h1-17,24-25,30,34,36,48,54H,18-23,26-29H2,(H,46,47,49)/t34-/m1/s1. The minimum absolute atomic E-state index is 0.0784. The number of nitro groups is 1. The molecule has 6 aromatic rings. The highest BCUT2D eigenvalue weighted by Gasteiger charge is 2.27. The Balaban J connectivity index is 0.932. The fourth-order valence-corrected chi connectivity index (χ4v) is 9.80. The van der Waals surface area contributed by atoms with Gasteiger partial charge in [-0.2, -0.15) is 0 Å². The van der Waals surface area contributed by atoms with Crippen molar-refractivity contribution >= 4 is 67.2 Å². The van der Waals surface area contributed by atoms with E-state index in [1.807, 2.05) is 54.6 Å². The number of nitrogens with one attached hydrogen (secondary N) is 2. The number of β-amino-alcohol motifs (C(OH)–C–C–N with tert-alkyl or cyclic N) is 1. The van der Waals surface area contributed by atoms with Crippen LogP contribution in [0.15, 0.2) is 131 Å². The van der Waals surface area contributed by atoms with Crippen LogP contribution >= 0.6 is 23.4 Å². The number of thioether (sulfide) groups is 1. The van der Waals surface area contributed by atoms with Crippen molar-refractivity contribution in [2.24, 2.45) is 0 Å². The Labute approximate surface area is 358 Å². The number of benzene rings is 5. The first-order chi connectivity index (χ1) is 29.1. The van der Waals surface area contributed by atoms with E-state index < -0.39 is 14.9 Å². The largest absolute Gasteiger partial charge is 0.390 e. The summed E-state index contributed by atoms with van der Waals surface area (Å²) in [5.41, 5.74) is 5.00. The van der Waals surface area contributed by atoms with Crippen molar-refractivity contribution in [3.8, 4) is 11.1 Å². The number of piperazine rings is 1. The maximum absolute atomic E-state index is 13.8. The Morgan fingerprint density at radius 3 is 2.38 bits per heavy atom. The van der Waals surface area contributed by atoms with E-state index in [4.69, 9.17) is 11.6 Å². The number of sulfonamides is 1. The van der Waals surface area contributed by atoms with Crippen LogP contribution in [-0.4, -0.2) is 102 Å². The zero-order valence-corrected chi connectivity index (χ0v) is 35.1. The van der Waals surface area contributed by atoms with Gasteiger partial charge >= 0.3 is 0 Å². The molecule has 13 nitrogen and oxygen atoms in total. The van der Waals surface area contributed by atoms with E-state index in [9.17, 15) is 23.6 Å². The molecule has 60 heavy (non-hydrogen) atoms. The van der Waals surface area contributed by atoms with Gasteiger partial charge < -0.3 is 15.3 Å². The van der Waals surface area contributed by atoms with Crippen LogP contribution in [0.2, 0.25) is 5.02 Å². The number of aromatic nitrogens is 2. The van der Waals surface area contributed by atoms with Crippen molar-refractivity contribution in [3.05, 3.63) is 142 Å². The summed E-state index contributed by atoms with van der Waals surface area (Å²) in [4.78, 5) is 28.2. The predicted molar refractivity (Wildman–Crippen MR) is 239 cm³/mol. The predicted octanol–water partition coefficient (Wildman–Crippen LogP) is 7.62. The number of nitro benzene ring substituents is 1. The number of anilines is 3. The highest BCUT2D eigenvalue weighted by atomic mass is 35.5. The topological polar surface area (TPSA) is 157 Å². The molecule has 5 aromatic carbocycles. The molecule has 2 saturated heterocycles. The van der Waals surface area contributed by atoms with Crippen LogP contribution < -0.4 is 14.9 Å². The summed E-state index contributed by atoms with van der Waals surface area (Å²) in [5, 5.41) is 26.6. The maximum Gasteiger partial charge on any atom is 0.293 e. The summed E-state index contributed by atoms with van der Waals surface area (Å²) in [6.45, 7) is 6.06. The Morgan fingerprint density at radius 1 is 0.883 bits per heavy atom. The van der Waals surface area contributed by atoms with Gasteiger partial charge in [-0.1, -0.05) is 66.2 Å². The number of aliphatic hydroxyl groups is 1. The number of hydrogen-bond donors (Lipinski definition) is 3. The van der Waals surface area contributed by atoms with E-state index >= 15 is 0 Å². The van der Waals surface area contributed by atoms with E-state index in [0.29, 0.717) is 47.7 Å². The molecule has 3 heterocycles. The lowest BCUT2D eigenvalue weighted by Crippen LogP contribution is -2.51. The van der Waals surface area contributed by atoms with Crippen molar-refractivity contribution in [3.63, 3.8) is 0 Å². The first-order valence-corrected chi connectivity index (χ1v) is 22.6. The lowest BCUT2D eigenvalue weighted by molar-refractivity contribution is -0.384. The fraction of sp³-hybridized carbons (Fsp3) is 0.273. The fourth-order valence-electron chi connectivity index (χ4n) is 7.63. The molecule has 0 saturated carbocycles. The quantitative estimate of drug-likeness (QED) is 0.0498. The Hall–Kier alpha value is -5.29. The third kappa shape index (κ3) is 10.0. The van der Waals surface area contributed by atoms with Crippen LogP contribution in [0.5, 0.6) is 0 Å². The van der Waals surface area contributed by atoms with E-state index in [2.05, 4.69) is 71.1 Å². The second-order valence-electron chi connectivity index (χ2n) is 15.1. The van der Waals surface area contributed by atoms with Crippen LogP contribution in [0.25, 0.3) is 22.0 Å². The highest BCUT2D eigenvalue weighted by Crippen LogP contribution is 2.33. The number of rotatable bonds is 16. The number of aliphatic hydroxyl groups excluding tert-OH is 1. The minimum atomic E-state index is -4.29. The van der Waals surface area contributed by atoms with Crippen molar-refractivity contribution in [1.82, 2.24) is 19.8 Å². The summed E-state index contributed by atoms with van der Waals surface area (Å²) in [6.07, 6.45) is 1.65. The molecule has 2 fully saturated rings. The zero-order valence-electron chi connectivity index (χ0n) is 32.7. The maximum atomic E-state index is 13.8. The third-order valence-corrected chi connectivity index (χ3v) is 13.7. The van der Waals surface area contributed by atoms with Crippen molar-refractivity contribution in [2.75, 3.05) is 66.5 Å². The van der Waals surface area contributed by atoms with Crippen molar-refractivity contribution in [1.29, 1.82) is 0 Å². The monoisotopic (exact) mass is 864 g/mol. The van der Waals surface area contributed by atoms with Gasteiger partial charge in [-0.25, -0.2) is 18.4 Å². The third-order valence-electron chi connectivity index (χ3n) is 10.9. The molecule has 2 aliphatic heterocycles. The van der Waals surface area contributed by atoms with Gasteiger partial charge in [-0.05, 0) is 77.7 Å². The molecule has 2 aliphatic rings. The smallest absolute Gasteiger partial charge is 0.293 e. The first-order valence-electron chi connectivity index (χ1n) is 19.8. The summed E-state index contributed by atoms with van der Waals surface area (Å²) in [7, 11) is -4.29. The molecule has 0 spiro atoms. The van der Waals surface area contributed by atoms with E-state index in [1.165, 1.54) is 29.6 Å². The molecule has 0 aliphatic carbocycles.